The van der Waals surface area contributed by atoms with Gasteiger partial charge in [0.15, 0.2) is 0 Å². The third-order valence-electron chi connectivity index (χ3n) is 4.18. The van der Waals surface area contributed by atoms with Crippen LogP contribution < -0.4 is 11.1 Å². The van der Waals surface area contributed by atoms with Crippen molar-refractivity contribution in [3.05, 3.63) is 0 Å². The highest BCUT2D eigenvalue weighted by atomic mass is 16.2. The highest BCUT2D eigenvalue weighted by molar-refractivity contribution is 5.73. The van der Waals surface area contributed by atoms with Gasteiger partial charge in [0.05, 0.1) is 0 Å². The molecule has 0 aromatic heterocycles. The second-order valence-electron chi connectivity index (χ2n) is 5.56. The molecule has 0 bridgehead atoms. The summed E-state index contributed by atoms with van der Waals surface area (Å²) in [6.07, 6.45) is 6.94. The van der Waals surface area contributed by atoms with Crippen LogP contribution in [0.2, 0.25) is 0 Å². The number of hydrogen-bond donors (Lipinski definition) is 2. The topological polar surface area (TPSA) is 58.4 Å². The lowest BCUT2D eigenvalue weighted by Gasteiger charge is -2.36. The predicted octanol–water partition coefficient (Wildman–Crippen LogP) is 0.857. The summed E-state index contributed by atoms with van der Waals surface area (Å²) >= 11 is 0. The zero-order valence-electron chi connectivity index (χ0n) is 10.8. The minimum absolute atomic E-state index is 0.215. The van der Waals surface area contributed by atoms with Crippen LogP contribution in [0.15, 0.2) is 0 Å². The van der Waals surface area contributed by atoms with Crippen molar-refractivity contribution >= 4 is 5.91 Å². The van der Waals surface area contributed by atoms with Crippen molar-refractivity contribution < 1.29 is 4.79 Å². The molecule has 1 saturated heterocycles. The maximum absolute atomic E-state index is 11.2. The first kappa shape index (κ1) is 12.8. The van der Waals surface area contributed by atoms with Gasteiger partial charge in [-0.15, -0.1) is 0 Å². The lowest BCUT2D eigenvalue weighted by atomic mass is 9.90. The van der Waals surface area contributed by atoms with E-state index in [0.717, 1.165) is 38.8 Å². The van der Waals surface area contributed by atoms with Gasteiger partial charge in [-0.25, -0.2) is 0 Å². The largest absolute Gasteiger partial charge is 0.343 e. The van der Waals surface area contributed by atoms with Crippen LogP contribution >= 0.6 is 0 Å². The zero-order valence-corrected chi connectivity index (χ0v) is 10.8. The molecule has 4 nitrogen and oxygen atoms in total. The Hall–Kier alpha value is -0.610. The summed E-state index contributed by atoms with van der Waals surface area (Å²) in [7, 11) is 0. The summed E-state index contributed by atoms with van der Waals surface area (Å²) in [5.41, 5.74) is 5.91. The summed E-state index contributed by atoms with van der Waals surface area (Å²) in [5, 5.41) is 3.74. The maximum Gasteiger partial charge on any atom is 0.219 e. The molecule has 1 heterocycles. The Labute approximate surface area is 104 Å². The van der Waals surface area contributed by atoms with Gasteiger partial charge in [0.25, 0.3) is 0 Å². The molecule has 0 atom stereocenters. The number of nitrogens with zero attached hydrogens (tertiary/aromatic N) is 1. The Bertz CT molecular complexity index is 253. The Morgan fingerprint density at radius 1 is 1.06 bits per heavy atom. The number of nitrogens with two attached hydrogens (primary N) is 1. The highest BCUT2D eigenvalue weighted by Gasteiger charge is 2.24. The molecular weight excluding hydrogens is 214 g/mol. The van der Waals surface area contributed by atoms with E-state index in [2.05, 4.69) is 5.32 Å². The molecule has 1 aliphatic carbocycles. The molecule has 98 valence electrons. The number of likely N-dealkylation sites (tertiary alicyclic amines) is 1. The molecule has 17 heavy (non-hydrogen) atoms. The monoisotopic (exact) mass is 239 g/mol. The van der Waals surface area contributed by atoms with Crippen molar-refractivity contribution in [2.75, 3.05) is 13.1 Å². The van der Waals surface area contributed by atoms with E-state index in [9.17, 15) is 4.79 Å². The minimum atomic E-state index is 0.215. The minimum Gasteiger partial charge on any atom is -0.343 e. The fourth-order valence-corrected chi connectivity index (χ4v) is 2.98. The quantitative estimate of drug-likeness (QED) is 0.751. The second kappa shape index (κ2) is 5.83. The molecule has 0 aromatic carbocycles. The SMILES string of the molecule is CC(=O)N1CCC(NC2CCC(N)CC2)CC1. The maximum atomic E-state index is 11.2. The number of carbonyl (C=O) groups is 1. The van der Waals surface area contributed by atoms with Crippen LogP contribution in [0.25, 0.3) is 0 Å². The predicted molar refractivity (Wildman–Crippen MR) is 68.6 cm³/mol. The van der Waals surface area contributed by atoms with Crippen LogP contribution in [-0.4, -0.2) is 42.0 Å². The summed E-state index contributed by atoms with van der Waals surface area (Å²) in [5.74, 6) is 0.215. The lowest BCUT2D eigenvalue weighted by Crippen LogP contribution is -2.48. The van der Waals surface area contributed by atoms with E-state index in [-0.39, 0.29) is 5.91 Å². The van der Waals surface area contributed by atoms with Crippen molar-refractivity contribution in [3.63, 3.8) is 0 Å². The fourth-order valence-electron chi connectivity index (χ4n) is 2.98. The van der Waals surface area contributed by atoms with Gasteiger partial charge >= 0.3 is 0 Å². The lowest BCUT2D eigenvalue weighted by molar-refractivity contribution is -0.129. The van der Waals surface area contributed by atoms with Crippen LogP contribution in [0.5, 0.6) is 0 Å². The highest BCUT2D eigenvalue weighted by Crippen LogP contribution is 2.19. The standard InChI is InChI=1S/C13H25N3O/c1-10(17)16-8-6-13(7-9-16)15-12-4-2-11(14)3-5-12/h11-13,15H,2-9,14H2,1H3. The summed E-state index contributed by atoms with van der Waals surface area (Å²) in [6.45, 7) is 3.49. The van der Waals surface area contributed by atoms with E-state index in [1.807, 2.05) is 4.90 Å². The molecule has 1 aliphatic heterocycles. The van der Waals surface area contributed by atoms with Crippen LogP contribution in [0.4, 0.5) is 0 Å². The van der Waals surface area contributed by atoms with Crippen LogP contribution in [0, 0.1) is 0 Å². The number of amides is 1. The van der Waals surface area contributed by atoms with Gasteiger partial charge < -0.3 is 16.0 Å². The van der Waals surface area contributed by atoms with Gasteiger partial charge in [0.1, 0.15) is 0 Å². The molecular formula is C13H25N3O. The van der Waals surface area contributed by atoms with Crippen molar-refractivity contribution in [2.45, 2.75) is 63.6 Å². The summed E-state index contributed by atoms with van der Waals surface area (Å²) < 4.78 is 0. The number of piperidine rings is 1. The van der Waals surface area contributed by atoms with Crippen molar-refractivity contribution in [3.8, 4) is 0 Å². The van der Waals surface area contributed by atoms with E-state index >= 15 is 0 Å². The van der Waals surface area contributed by atoms with Crippen molar-refractivity contribution in [1.82, 2.24) is 10.2 Å². The third kappa shape index (κ3) is 3.68. The van der Waals surface area contributed by atoms with Crippen LogP contribution in [-0.2, 0) is 4.79 Å². The Morgan fingerprint density at radius 2 is 1.59 bits per heavy atom. The second-order valence-corrected chi connectivity index (χ2v) is 5.56. The van der Waals surface area contributed by atoms with Gasteiger partial charge in [0.2, 0.25) is 5.91 Å². The Morgan fingerprint density at radius 3 is 2.12 bits per heavy atom. The molecule has 2 aliphatic rings. The van der Waals surface area contributed by atoms with Gasteiger partial charge in [-0.05, 0) is 38.5 Å². The third-order valence-corrected chi connectivity index (χ3v) is 4.18. The van der Waals surface area contributed by atoms with Crippen molar-refractivity contribution in [2.24, 2.45) is 5.73 Å². The Kier molecular flexibility index (Phi) is 4.40. The number of hydrogen-bond acceptors (Lipinski definition) is 3. The first-order valence-corrected chi connectivity index (χ1v) is 6.92. The average molecular weight is 239 g/mol. The molecule has 1 amide bonds. The first-order chi connectivity index (χ1) is 8.15. The molecule has 0 aromatic rings. The number of rotatable bonds is 2. The van der Waals surface area contributed by atoms with E-state index in [0.29, 0.717) is 18.1 Å². The molecule has 0 unspecified atom stereocenters. The van der Waals surface area contributed by atoms with Gasteiger partial charge in [-0.3, -0.25) is 4.79 Å². The van der Waals surface area contributed by atoms with Crippen LogP contribution in [0.3, 0.4) is 0 Å². The molecule has 0 spiro atoms. The Balaban J connectivity index is 1.69. The van der Waals surface area contributed by atoms with E-state index in [1.54, 1.807) is 6.92 Å². The molecule has 3 N–H and O–H groups in total. The first-order valence-electron chi connectivity index (χ1n) is 6.92. The van der Waals surface area contributed by atoms with Gasteiger partial charge in [-0.1, -0.05) is 0 Å². The van der Waals surface area contributed by atoms with E-state index in [1.165, 1.54) is 12.8 Å². The molecule has 2 rings (SSSR count). The zero-order chi connectivity index (χ0) is 12.3. The molecule has 0 radical (unpaired) electrons. The average Bonchev–Trinajstić information content (AvgIpc) is 2.33. The van der Waals surface area contributed by atoms with Gasteiger partial charge in [-0.2, -0.15) is 0 Å². The molecule has 4 heteroatoms. The summed E-state index contributed by atoms with van der Waals surface area (Å²) in [4.78, 5) is 13.2. The van der Waals surface area contributed by atoms with E-state index in [4.69, 9.17) is 5.73 Å². The molecule has 2 fully saturated rings. The normalized spacial score (nSPS) is 31.5. The molecule has 1 saturated carbocycles. The number of nitrogens with one attached hydrogen (secondary N) is 1. The van der Waals surface area contributed by atoms with Crippen molar-refractivity contribution in [1.29, 1.82) is 0 Å². The number of carbonyl (C=O) groups excluding carboxylic acids is 1. The van der Waals surface area contributed by atoms with E-state index < -0.39 is 0 Å². The summed E-state index contributed by atoms with van der Waals surface area (Å²) in [6, 6.07) is 1.68. The smallest absolute Gasteiger partial charge is 0.219 e. The fraction of sp³-hybridized carbons (Fsp3) is 0.923. The van der Waals surface area contributed by atoms with Gasteiger partial charge in [0, 0.05) is 38.1 Å². The van der Waals surface area contributed by atoms with Crippen LogP contribution in [0.1, 0.15) is 45.4 Å².